The SMILES string of the molecule is COc1nc(NC[C@H]2CCC[C@@H](c3ccc(OC(F)(F)F)cc3)O2)cc(C(=O)N2CCC(NC3CCOCC3OC)CC2)n1. The van der Waals surface area contributed by atoms with Gasteiger partial charge in [0.05, 0.1) is 32.0 Å². The van der Waals surface area contributed by atoms with Crippen LogP contribution in [0.5, 0.6) is 11.8 Å². The van der Waals surface area contributed by atoms with Gasteiger partial charge in [0.2, 0.25) is 0 Å². The number of anilines is 1. The van der Waals surface area contributed by atoms with Crippen molar-refractivity contribution >= 4 is 11.7 Å². The number of hydrogen-bond acceptors (Lipinski definition) is 10. The molecule has 0 saturated carbocycles. The van der Waals surface area contributed by atoms with Crippen LogP contribution >= 0.6 is 0 Å². The van der Waals surface area contributed by atoms with Crippen molar-refractivity contribution in [2.45, 2.75) is 75.3 Å². The van der Waals surface area contributed by atoms with Gasteiger partial charge < -0.3 is 39.2 Å². The summed E-state index contributed by atoms with van der Waals surface area (Å²) in [5, 5.41) is 6.95. The van der Waals surface area contributed by atoms with Crippen molar-refractivity contribution in [2.24, 2.45) is 0 Å². The highest BCUT2D eigenvalue weighted by molar-refractivity contribution is 5.93. The third-order valence-corrected chi connectivity index (χ3v) is 8.29. The first kappa shape index (κ1) is 32.2. The number of piperidine rings is 1. The minimum atomic E-state index is -4.73. The van der Waals surface area contributed by atoms with E-state index < -0.39 is 6.36 Å². The highest BCUT2D eigenvalue weighted by atomic mass is 19.4. The molecule has 44 heavy (non-hydrogen) atoms. The lowest BCUT2D eigenvalue weighted by molar-refractivity contribution is -0.274. The number of amides is 1. The first-order valence-corrected chi connectivity index (χ1v) is 15.0. The van der Waals surface area contributed by atoms with Crippen molar-refractivity contribution in [3.05, 3.63) is 41.6 Å². The van der Waals surface area contributed by atoms with Gasteiger partial charge >= 0.3 is 12.4 Å². The zero-order valence-electron chi connectivity index (χ0n) is 25.0. The number of likely N-dealkylation sites (tertiary alicyclic amines) is 1. The molecule has 1 amide bonds. The molecule has 4 atom stereocenters. The Morgan fingerprint density at radius 3 is 2.55 bits per heavy atom. The Kier molecular flexibility index (Phi) is 10.8. The van der Waals surface area contributed by atoms with Crippen LogP contribution in [0.25, 0.3) is 0 Å². The lowest BCUT2D eigenvalue weighted by atomic mass is 9.98. The molecule has 3 aliphatic heterocycles. The molecule has 5 rings (SSSR count). The molecule has 2 aromatic rings. The number of carbonyl (C=O) groups excluding carboxylic acids is 1. The molecule has 2 N–H and O–H groups in total. The summed E-state index contributed by atoms with van der Waals surface area (Å²) in [5.74, 6) is -0.00390. The average Bonchev–Trinajstić information content (AvgIpc) is 3.03. The maximum Gasteiger partial charge on any atom is 0.573 e. The smallest absolute Gasteiger partial charge is 0.467 e. The van der Waals surface area contributed by atoms with Gasteiger partial charge in [-0.2, -0.15) is 9.97 Å². The molecule has 11 nitrogen and oxygen atoms in total. The van der Waals surface area contributed by atoms with Crippen LogP contribution in [0.2, 0.25) is 0 Å². The molecule has 0 radical (unpaired) electrons. The zero-order valence-corrected chi connectivity index (χ0v) is 25.0. The lowest BCUT2D eigenvalue weighted by Crippen LogP contribution is -2.54. The number of ether oxygens (including phenoxy) is 5. The van der Waals surface area contributed by atoms with Crippen LogP contribution < -0.4 is 20.1 Å². The lowest BCUT2D eigenvalue weighted by Gasteiger charge is -2.38. The summed E-state index contributed by atoms with van der Waals surface area (Å²) in [4.78, 5) is 23.9. The summed E-state index contributed by atoms with van der Waals surface area (Å²) < 4.78 is 64.1. The number of methoxy groups -OCH3 is 2. The molecule has 242 valence electrons. The average molecular weight is 624 g/mol. The molecule has 1 aromatic carbocycles. The summed E-state index contributed by atoms with van der Waals surface area (Å²) >= 11 is 0. The van der Waals surface area contributed by atoms with Crippen molar-refractivity contribution < 1.29 is 41.7 Å². The molecular weight excluding hydrogens is 583 g/mol. The second-order valence-corrected chi connectivity index (χ2v) is 11.3. The Balaban J connectivity index is 1.14. The molecule has 0 bridgehead atoms. The van der Waals surface area contributed by atoms with Crippen LogP contribution in [0.15, 0.2) is 30.3 Å². The predicted molar refractivity (Wildman–Crippen MR) is 154 cm³/mol. The summed E-state index contributed by atoms with van der Waals surface area (Å²) in [6.45, 7) is 2.93. The van der Waals surface area contributed by atoms with E-state index in [1.807, 2.05) is 0 Å². The van der Waals surface area contributed by atoms with Crippen LogP contribution in [0.1, 0.15) is 60.7 Å². The van der Waals surface area contributed by atoms with Crippen LogP contribution in [0.3, 0.4) is 0 Å². The molecule has 3 fully saturated rings. The molecule has 1 aromatic heterocycles. The molecular formula is C30H40F3N5O6. The van der Waals surface area contributed by atoms with Crippen molar-refractivity contribution in [3.8, 4) is 11.8 Å². The zero-order chi connectivity index (χ0) is 31.1. The second-order valence-electron chi connectivity index (χ2n) is 11.3. The Hall–Kier alpha value is -3.20. The van der Waals surface area contributed by atoms with Crippen molar-refractivity contribution in [2.75, 3.05) is 52.4 Å². The topological polar surface area (TPSA) is 116 Å². The van der Waals surface area contributed by atoms with Gasteiger partial charge in [-0.25, -0.2) is 0 Å². The van der Waals surface area contributed by atoms with Crippen LogP contribution in [-0.4, -0.2) is 98.5 Å². The first-order valence-electron chi connectivity index (χ1n) is 15.0. The number of alkyl halides is 3. The third kappa shape index (κ3) is 8.71. The van der Waals surface area contributed by atoms with Gasteiger partial charge in [0, 0.05) is 51.5 Å². The third-order valence-electron chi connectivity index (χ3n) is 8.29. The fraction of sp³-hybridized carbons (Fsp3) is 0.633. The van der Waals surface area contributed by atoms with Gasteiger partial charge in [0.25, 0.3) is 5.91 Å². The number of benzene rings is 1. The largest absolute Gasteiger partial charge is 0.573 e. The van der Waals surface area contributed by atoms with Crippen LogP contribution in [-0.2, 0) is 14.2 Å². The number of rotatable bonds is 10. The Bertz CT molecular complexity index is 1230. The minimum Gasteiger partial charge on any atom is -0.467 e. The minimum absolute atomic E-state index is 0.0287. The van der Waals surface area contributed by atoms with Crippen molar-refractivity contribution in [3.63, 3.8) is 0 Å². The van der Waals surface area contributed by atoms with E-state index in [2.05, 4.69) is 25.3 Å². The molecule has 0 aliphatic carbocycles. The molecule has 3 saturated heterocycles. The second kappa shape index (κ2) is 14.7. The maximum atomic E-state index is 13.4. The summed E-state index contributed by atoms with van der Waals surface area (Å²) in [5.41, 5.74) is 1.03. The number of carbonyl (C=O) groups is 1. The fourth-order valence-electron chi connectivity index (χ4n) is 5.96. The number of aromatic nitrogens is 2. The Morgan fingerprint density at radius 1 is 1.07 bits per heavy atom. The van der Waals surface area contributed by atoms with Gasteiger partial charge in [-0.1, -0.05) is 12.1 Å². The summed E-state index contributed by atoms with van der Waals surface area (Å²) in [6, 6.07) is 8.02. The van der Waals surface area contributed by atoms with Gasteiger partial charge in [-0.3, -0.25) is 4.79 Å². The molecule has 4 heterocycles. The van der Waals surface area contributed by atoms with Crippen molar-refractivity contribution in [1.82, 2.24) is 20.2 Å². The summed E-state index contributed by atoms with van der Waals surface area (Å²) in [7, 11) is 3.16. The van der Waals surface area contributed by atoms with E-state index in [4.69, 9.17) is 18.9 Å². The van der Waals surface area contributed by atoms with E-state index >= 15 is 0 Å². The first-order chi connectivity index (χ1) is 21.2. The quantitative estimate of drug-likeness (QED) is 0.401. The summed E-state index contributed by atoms with van der Waals surface area (Å²) in [6.07, 6.45) is -0.136. The van der Waals surface area contributed by atoms with Gasteiger partial charge in [-0.15, -0.1) is 13.2 Å². The van der Waals surface area contributed by atoms with Crippen molar-refractivity contribution in [1.29, 1.82) is 0 Å². The highest BCUT2D eigenvalue weighted by Crippen LogP contribution is 2.33. The normalized spacial score (nSPS) is 25.0. The van der Waals surface area contributed by atoms with E-state index in [1.165, 1.54) is 19.2 Å². The predicted octanol–water partition coefficient (Wildman–Crippen LogP) is 4.10. The van der Waals surface area contributed by atoms with E-state index in [0.717, 1.165) is 44.1 Å². The van der Waals surface area contributed by atoms with E-state index in [9.17, 15) is 18.0 Å². The molecule has 0 spiro atoms. The van der Waals surface area contributed by atoms with E-state index in [-0.39, 0.29) is 47.7 Å². The van der Waals surface area contributed by atoms with Crippen LogP contribution in [0.4, 0.5) is 19.0 Å². The van der Waals surface area contributed by atoms with E-state index in [1.54, 1.807) is 30.2 Å². The van der Waals surface area contributed by atoms with E-state index in [0.29, 0.717) is 44.7 Å². The van der Waals surface area contributed by atoms with Gasteiger partial charge in [0.15, 0.2) is 0 Å². The monoisotopic (exact) mass is 623 g/mol. The molecule has 2 unspecified atom stereocenters. The Morgan fingerprint density at radius 2 is 1.84 bits per heavy atom. The van der Waals surface area contributed by atoms with Gasteiger partial charge in [0.1, 0.15) is 17.3 Å². The standard InChI is InChI=1S/C30H40F3N5O6/c1-40-26-18-42-15-12-23(26)35-20-10-13-38(14-11-20)28(39)24-16-27(37-29(36-24)41-2)34-17-22-4-3-5-25(43-22)19-6-8-21(9-7-19)44-30(31,32)33/h6-9,16,20,22-23,25-26,35H,3-5,10-15,17-18H2,1-2H3,(H,34,36,37)/t22-,23?,25+,26?/m1/s1. The van der Waals surface area contributed by atoms with Gasteiger partial charge in [-0.05, 0) is 56.2 Å². The number of hydrogen-bond donors (Lipinski definition) is 2. The Labute approximate surface area is 254 Å². The number of nitrogens with zero attached hydrogens (tertiary/aromatic N) is 3. The number of nitrogens with one attached hydrogen (secondary N) is 2. The molecule has 14 heteroatoms. The maximum absolute atomic E-state index is 13.4. The number of halogens is 3. The highest BCUT2D eigenvalue weighted by Gasteiger charge is 2.32. The van der Waals surface area contributed by atoms with Crippen LogP contribution in [0, 0.1) is 0 Å². The molecule has 3 aliphatic rings. The fourth-order valence-corrected chi connectivity index (χ4v) is 5.96.